The molecule has 0 radical (unpaired) electrons. The third-order valence-corrected chi connectivity index (χ3v) is 6.33. The van der Waals surface area contributed by atoms with Crippen LogP contribution in [0.2, 0.25) is 0 Å². The second-order valence-corrected chi connectivity index (χ2v) is 9.08. The van der Waals surface area contributed by atoms with Crippen molar-refractivity contribution < 1.29 is 18.3 Å². The van der Waals surface area contributed by atoms with E-state index in [2.05, 4.69) is 32.4 Å². The van der Waals surface area contributed by atoms with Gasteiger partial charge in [0.25, 0.3) is 11.5 Å². The van der Waals surface area contributed by atoms with Gasteiger partial charge in [-0.1, -0.05) is 17.9 Å². The van der Waals surface area contributed by atoms with Gasteiger partial charge in [-0.15, -0.1) is 0 Å². The Morgan fingerprint density at radius 2 is 1.97 bits per heavy atom. The van der Waals surface area contributed by atoms with E-state index in [0.717, 1.165) is 71.0 Å². The molecular formula is C29H25F2N5O3. The minimum absolute atomic E-state index is 0.000150. The summed E-state index contributed by atoms with van der Waals surface area (Å²) < 4.78 is 34.1. The van der Waals surface area contributed by atoms with Gasteiger partial charge in [-0.3, -0.25) is 19.1 Å². The average Bonchev–Trinajstić information content (AvgIpc) is 2.95. The predicted molar refractivity (Wildman–Crippen MR) is 141 cm³/mol. The molecule has 2 aromatic carbocycles. The summed E-state index contributed by atoms with van der Waals surface area (Å²) in [6.07, 6.45) is 6.15. The summed E-state index contributed by atoms with van der Waals surface area (Å²) in [6.45, 7) is 1.79. The number of amides is 1. The first-order valence-electron chi connectivity index (χ1n) is 12.5. The smallest absolute Gasteiger partial charge is 0.266 e. The third kappa shape index (κ3) is 6.27. The quantitative estimate of drug-likeness (QED) is 0.373. The van der Waals surface area contributed by atoms with Gasteiger partial charge >= 0.3 is 0 Å². The number of hydrogen-bond donors (Lipinski definition) is 2. The van der Waals surface area contributed by atoms with Gasteiger partial charge in [-0.2, -0.15) is 0 Å². The molecule has 1 fully saturated rings. The summed E-state index contributed by atoms with van der Waals surface area (Å²) in [4.78, 5) is 33.7. The van der Waals surface area contributed by atoms with E-state index in [1.165, 1.54) is 12.4 Å². The van der Waals surface area contributed by atoms with Crippen molar-refractivity contribution in [2.75, 3.05) is 19.6 Å². The van der Waals surface area contributed by atoms with Crippen molar-refractivity contribution in [3.63, 3.8) is 0 Å². The Labute approximate surface area is 223 Å². The van der Waals surface area contributed by atoms with Crippen LogP contribution >= 0.6 is 0 Å². The van der Waals surface area contributed by atoms with E-state index in [1.54, 1.807) is 6.20 Å². The fourth-order valence-corrected chi connectivity index (χ4v) is 4.31. The molecule has 5 rings (SSSR count). The van der Waals surface area contributed by atoms with Crippen LogP contribution in [0.5, 0.6) is 5.75 Å². The Morgan fingerprint density at radius 3 is 2.79 bits per heavy atom. The maximum absolute atomic E-state index is 13.5. The molecule has 0 unspecified atom stereocenters. The monoisotopic (exact) mass is 529 g/mol. The van der Waals surface area contributed by atoms with Crippen LogP contribution in [0.15, 0.2) is 66.0 Å². The molecule has 10 heteroatoms. The third-order valence-electron chi connectivity index (χ3n) is 6.33. The molecule has 3 heterocycles. The molecule has 0 aliphatic carbocycles. The zero-order valence-electron chi connectivity index (χ0n) is 20.9. The van der Waals surface area contributed by atoms with Crippen LogP contribution in [0.4, 0.5) is 8.78 Å². The van der Waals surface area contributed by atoms with Crippen molar-refractivity contribution in [2.24, 2.45) is 0 Å². The zero-order valence-corrected chi connectivity index (χ0v) is 20.9. The Bertz CT molecular complexity index is 1640. The van der Waals surface area contributed by atoms with E-state index in [1.807, 2.05) is 24.3 Å². The lowest BCUT2D eigenvalue weighted by Gasteiger charge is -2.24. The first-order chi connectivity index (χ1) is 19.0. The lowest BCUT2D eigenvalue weighted by Crippen LogP contribution is -2.34. The largest absolute Gasteiger partial charge is 0.490 e. The van der Waals surface area contributed by atoms with Crippen LogP contribution in [0.3, 0.4) is 0 Å². The average molecular weight is 530 g/mol. The molecule has 1 aliphatic rings. The highest BCUT2D eigenvalue weighted by molar-refractivity contribution is 5.93. The van der Waals surface area contributed by atoms with Gasteiger partial charge in [-0.25, -0.2) is 13.8 Å². The number of aromatic nitrogens is 3. The molecule has 39 heavy (non-hydrogen) atoms. The van der Waals surface area contributed by atoms with Crippen molar-refractivity contribution in [1.29, 1.82) is 0 Å². The molecule has 0 atom stereocenters. The van der Waals surface area contributed by atoms with Crippen molar-refractivity contribution in [1.82, 2.24) is 25.2 Å². The van der Waals surface area contributed by atoms with Crippen molar-refractivity contribution in [2.45, 2.75) is 25.5 Å². The normalized spacial score (nSPS) is 13.5. The molecule has 0 bridgehead atoms. The van der Waals surface area contributed by atoms with Gasteiger partial charge in [0.15, 0.2) is 11.6 Å². The second-order valence-electron chi connectivity index (χ2n) is 9.08. The van der Waals surface area contributed by atoms with Gasteiger partial charge in [0, 0.05) is 23.3 Å². The Morgan fingerprint density at radius 1 is 1.13 bits per heavy atom. The van der Waals surface area contributed by atoms with E-state index < -0.39 is 23.1 Å². The fraction of sp³-hybridized carbons (Fsp3) is 0.241. The van der Waals surface area contributed by atoms with Crippen molar-refractivity contribution in [3.8, 4) is 17.6 Å². The summed E-state index contributed by atoms with van der Waals surface area (Å²) in [6, 6.07) is 10.8. The minimum atomic E-state index is -1.02. The number of halogens is 2. The number of piperidine rings is 1. The van der Waals surface area contributed by atoms with E-state index >= 15 is 0 Å². The highest BCUT2D eigenvalue weighted by Crippen LogP contribution is 2.27. The topological polar surface area (TPSA) is 98.1 Å². The van der Waals surface area contributed by atoms with Crippen molar-refractivity contribution in [3.05, 3.63) is 99.9 Å². The van der Waals surface area contributed by atoms with Gasteiger partial charge in [-0.05, 0) is 67.9 Å². The number of hydrogen-bond acceptors (Lipinski definition) is 6. The van der Waals surface area contributed by atoms with Crippen LogP contribution in [0.1, 0.15) is 34.3 Å². The molecule has 2 N–H and O–H groups in total. The Hall–Kier alpha value is -4.62. The van der Waals surface area contributed by atoms with Gasteiger partial charge < -0.3 is 15.4 Å². The number of nitrogens with one attached hydrogen (secondary N) is 2. The molecule has 2 aromatic heterocycles. The predicted octanol–water partition coefficient (Wildman–Crippen LogP) is 3.03. The zero-order chi connectivity index (χ0) is 27.2. The first kappa shape index (κ1) is 26.0. The number of fused-ring (bicyclic) bond motifs is 1. The molecule has 0 spiro atoms. The van der Waals surface area contributed by atoms with E-state index in [-0.39, 0.29) is 24.8 Å². The van der Waals surface area contributed by atoms with Crippen LogP contribution in [0, 0.1) is 23.5 Å². The van der Waals surface area contributed by atoms with Crippen LogP contribution in [-0.2, 0) is 6.54 Å². The van der Waals surface area contributed by atoms with Crippen LogP contribution < -0.4 is 20.9 Å². The summed E-state index contributed by atoms with van der Waals surface area (Å²) in [5.41, 5.74) is 1.10. The molecule has 0 saturated carbocycles. The lowest BCUT2D eigenvalue weighted by molar-refractivity contribution is 0.0956. The van der Waals surface area contributed by atoms with Crippen molar-refractivity contribution >= 4 is 16.8 Å². The Balaban J connectivity index is 1.25. The van der Waals surface area contributed by atoms with Gasteiger partial charge in [0.2, 0.25) is 0 Å². The molecule has 1 aliphatic heterocycles. The van der Waals surface area contributed by atoms with Crippen LogP contribution in [-0.4, -0.2) is 46.2 Å². The number of carbonyl (C=O) groups is 1. The molecule has 198 valence electrons. The van der Waals surface area contributed by atoms with E-state index in [0.29, 0.717) is 5.56 Å². The van der Waals surface area contributed by atoms with Gasteiger partial charge in [0.05, 0.1) is 24.9 Å². The van der Waals surface area contributed by atoms with E-state index in [4.69, 9.17) is 4.74 Å². The standard InChI is InChI=1S/C29H25F2N5O3/c30-24-5-3-20(15-25(24)31)17-36-18-33-16-23(29(36)38)28(37)35-10-1-2-19-4-6-26-22(14-19)27(9-13-34-26)39-21-7-11-32-12-8-21/h3-6,9,13-16,18,21,32H,7-8,10-12,17H2,(H,35,37). The molecule has 1 saturated heterocycles. The summed E-state index contributed by atoms with van der Waals surface area (Å²) >= 11 is 0. The number of rotatable bonds is 6. The summed E-state index contributed by atoms with van der Waals surface area (Å²) in [7, 11) is 0. The first-order valence-corrected chi connectivity index (χ1v) is 12.5. The Kier molecular flexibility index (Phi) is 7.89. The number of carbonyl (C=O) groups excluding carboxylic acids is 1. The highest BCUT2D eigenvalue weighted by atomic mass is 19.2. The second kappa shape index (κ2) is 11.8. The summed E-state index contributed by atoms with van der Waals surface area (Å²) in [5.74, 6) is 4.04. The SMILES string of the molecule is O=C(NCC#Cc1ccc2nccc(OC3CCNCC3)c2c1)c1cncn(Cc2ccc(F)c(F)c2)c1=O. The minimum Gasteiger partial charge on any atom is -0.490 e. The number of pyridine rings is 1. The summed E-state index contributed by atoms with van der Waals surface area (Å²) in [5, 5.41) is 6.79. The number of benzene rings is 2. The molecule has 4 aromatic rings. The molecule has 1 amide bonds. The molecular weight excluding hydrogens is 504 g/mol. The number of ether oxygens (including phenoxy) is 1. The fourth-order valence-electron chi connectivity index (χ4n) is 4.31. The highest BCUT2D eigenvalue weighted by Gasteiger charge is 2.16. The lowest BCUT2D eigenvalue weighted by atomic mass is 10.1. The number of nitrogens with zero attached hydrogens (tertiary/aromatic N) is 3. The van der Waals surface area contributed by atoms with E-state index in [9.17, 15) is 18.4 Å². The maximum atomic E-state index is 13.5. The van der Waals surface area contributed by atoms with Gasteiger partial charge in [0.1, 0.15) is 17.4 Å². The maximum Gasteiger partial charge on any atom is 0.266 e. The molecule has 8 nitrogen and oxygen atoms in total. The van der Waals surface area contributed by atoms with Crippen LogP contribution in [0.25, 0.3) is 10.9 Å².